The Morgan fingerprint density at radius 3 is 2.44 bits per heavy atom. The maximum Gasteiger partial charge on any atom is 0.0642 e. The van der Waals surface area contributed by atoms with Crippen LogP contribution in [0.5, 0.6) is 0 Å². The number of rotatable bonds is 5. The summed E-state index contributed by atoms with van der Waals surface area (Å²) in [4.78, 5) is 0. The summed E-state index contributed by atoms with van der Waals surface area (Å²) in [5, 5.41) is 7.72. The standard InChI is InChI=1S/C15H23ClN2/c1-11-7-12(2)14(13(16)8-11)18-10-15(9-17-3)5-4-6-15/h7-8,17-18H,4-6,9-10H2,1-3H3. The second-order valence-corrected chi connectivity index (χ2v) is 6.08. The molecule has 0 spiro atoms. The van der Waals surface area contributed by atoms with Gasteiger partial charge in [-0.15, -0.1) is 0 Å². The first-order valence-electron chi connectivity index (χ1n) is 6.72. The van der Waals surface area contributed by atoms with Crippen molar-refractivity contribution in [2.75, 3.05) is 25.5 Å². The molecule has 1 aliphatic carbocycles. The topological polar surface area (TPSA) is 24.1 Å². The van der Waals surface area contributed by atoms with E-state index >= 15 is 0 Å². The highest BCUT2D eigenvalue weighted by atomic mass is 35.5. The molecule has 0 heterocycles. The molecule has 0 aromatic heterocycles. The van der Waals surface area contributed by atoms with Crippen LogP contribution in [0.25, 0.3) is 0 Å². The first-order chi connectivity index (χ1) is 8.56. The van der Waals surface area contributed by atoms with Crippen molar-refractivity contribution in [3.63, 3.8) is 0 Å². The van der Waals surface area contributed by atoms with Crippen molar-refractivity contribution in [2.24, 2.45) is 5.41 Å². The third-order valence-electron chi connectivity index (χ3n) is 4.04. The minimum absolute atomic E-state index is 0.426. The summed E-state index contributed by atoms with van der Waals surface area (Å²) in [5.41, 5.74) is 3.98. The maximum atomic E-state index is 6.32. The van der Waals surface area contributed by atoms with Gasteiger partial charge in [-0.25, -0.2) is 0 Å². The Labute approximate surface area is 115 Å². The second-order valence-electron chi connectivity index (χ2n) is 5.68. The summed E-state index contributed by atoms with van der Waals surface area (Å²) in [6, 6.07) is 4.21. The number of anilines is 1. The summed E-state index contributed by atoms with van der Waals surface area (Å²) >= 11 is 6.32. The van der Waals surface area contributed by atoms with Gasteiger partial charge in [0.15, 0.2) is 0 Å². The zero-order chi connectivity index (χ0) is 13.2. The molecule has 0 bridgehead atoms. The smallest absolute Gasteiger partial charge is 0.0642 e. The van der Waals surface area contributed by atoms with Gasteiger partial charge in [0, 0.05) is 18.5 Å². The first-order valence-corrected chi connectivity index (χ1v) is 7.09. The van der Waals surface area contributed by atoms with E-state index in [0.717, 1.165) is 23.8 Å². The largest absolute Gasteiger partial charge is 0.383 e. The van der Waals surface area contributed by atoms with Gasteiger partial charge in [0.05, 0.1) is 10.7 Å². The van der Waals surface area contributed by atoms with Crippen molar-refractivity contribution >= 4 is 17.3 Å². The number of aryl methyl sites for hydroxylation is 2. The van der Waals surface area contributed by atoms with Gasteiger partial charge in [0.1, 0.15) is 0 Å². The van der Waals surface area contributed by atoms with Gasteiger partial charge in [-0.05, 0) is 50.9 Å². The number of hydrogen-bond donors (Lipinski definition) is 2. The number of nitrogens with one attached hydrogen (secondary N) is 2. The highest BCUT2D eigenvalue weighted by molar-refractivity contribution is 6.33. The summed E-state index contributed by atoms with van der Waals surface area (Å²) in [5.74, 6) is 0. The fourth-order valence-corrected chi connectivity index (χ4v) is 3.27. The van der Waals surface area contributed by atoms with Gasteiger partial charge in [-0.3, -0.25) is 0 Å². The monoisotopic (exact) mass is 266 g/mol. The molecule has 0 saturated heterocycles. The Balaban J connectivity index is 2.06. The van der Waals surface area contributed by atoms with Crippen LogP contribution in [0.4, 0.5) is 5.69 Å². The van der Waals surface area contributed by atoms with Gasteiger partial charge in [0.2, 0.25) is 0 Å². The molecule has 2 rings (SSSR count). The van der Waals surface area contributed by atoms with Crippen LogP contribution in [0.1, 0.15) is 30.4 Å². The second kappa shape index (κ2) is 5.50. The van der Waals surface area contributed by atoms with E-state index in [2.05, 4.69) is 30.5 Å². The zero-order valence-electron chi connectivity index (χ0n) is 11.6. The normalized spacial score (nSPS) is 17.3. The van der Waals surface area contributed by atoms with Crippen molar-refractivity contribution < 1.29 is 0 Å². The Morgan fingerprint density at radius 2 is 1.94 bits per heavy atom. The van der Waals surface area contributed by atoms with Crippen LogP contribution in [-0.4, -0.2) is 20.1 Å². The fraction of sp³-hybridized carbons (Fsp3) is 0.600. The average Bonchev–Trinajstić information content (AvgIpc) is 2.23. The quantitative estimate of drug-likeness (QED) is 0.848. The van der Waals surface area contributed by atoms with Gasteiger partial charge in [0.25, 0.3) is 0 Å². The molecular formula is C15H23ClN2. The van der Waals surface area contributed by atoms with E-state index in [4.69, 9.17) is 11.6 Å². The minimum atomic E-state index is 0.426. The third kappa shape index (κ3) is 2.81. The van der Waals surface area contributed by atoms with Crippen LogP contribution in [0, 0.1) is 19.3 Å². The molecule has 100 valence electrons. The highest BCUT2D eigenvalue weighted by Gasteiger charge is 2.36. The van der Waals surface area contributed by atoms with Crippen LogP contribution in [0.3, 0.4) is 0 Å². The number of benzene rings is 1. The molecular weight excluding hydrogens is 244 g/mol. The van der Waals surface area contributed by atoms with Crippen LogP contribution < -0.4 is 10.6 Å². The summed E-state index contributed by atoms with van der Waals surface area (Å²) in [6.45, 7) is 6.30. The Hall–Kier alpha value is -0.730. The zero-order valence-corrected chi connectivity index (χ0v) is 12.3. The lowest BCUT2D eigenvalue weighted by Gasteiger charge is -2.42. The summed E-state index contributed by atoms with van der Waals surface area (Å²) < 4.78 is 0. The molecule has 0 unspecified atom stereocenters. The van der Waals surface area contributed by atoms with E-state index in [1.807, 2.05) is 13.1 Å². The Morgan fingerprint density at radius 1 is 1.22 bits per heavy atom. The van der Waals surface area contributed by atoms with Gasteiger partial charge in [-0.2, -0.15) is 0 Å². The molecule has 1 saturated carbocycles. The SMILES string of the molecule is CNCC1(CNc2c(C)cc(C)cc2Cl)CCC1. The van der Waals surface area contributed by atoms with Crippen molar-refractivity contribution in [1.29, 1.82) is 0 Å². The van der Waals surface area contributed by atoms with Crippen LogP contribution in [0.2, 0.25) is 5.02 Å². The van der Waals surface area contributed by atoms with Crippen molar-refractivity contribution in [1.82, 2.24) is 5.32 Å². The molecule has 1 aliphatic rings. The van der Waals surface area contributed by atoms with E-state index < -0.39 is 0 Å². The van der Waals surface area contributed by atoms with Crippen LogP contribution in [-0.2, 0) is 0 Å². The van der Waals surface area contributed by atoms with Gasteiger partial charge >= 0.3 is 0 Å². The molecule has 0 atom stereocenters. The predicted molar refractivity (Wildman–Crippen MR) is 79.6 cm³/mol. The lowest BCUT2D eigenvalue weighted by molar-refractivity contribution is 0.151. The van der Waals surface area contributed by atoms with E-state index in [1.54, 1.807) is 0 Å². The molecule has 2 N–H and O–H groups in total. The number of halogens is 1. The lowest BCUT2D eigenvalue weighted by Crippen LogP contribution is -2.44. The molecule has 2 nitrogen and oxygen atoms in total. The van der Waals surface area contributed by atoms with E-state index in [9.17, 15) is 0 Å². The molecule has 1 fully saturated rings. The summed E-state index contributed by atoms with van der Waals surface area (Å²) in [6.07, 6.45) is 3.97. The van der Waals surface area contributed by atoms with Crippen LogP contribution >= 0.6 is 11.6 Å². The minimum Gasteiger partial charge on any atom is -0.383 e. The third-order valence-corrected chi connectivity index (χ3v) is 4.34. The Bertz CT molecular complexity index is 401. The molecule has 0 amide bonds. The van der Waals surface area contributed by atoms with E-state index in [-0.39, 0.29) is 0 Å². The predicted octanol–water partition coefficient (Wildman–Crippen LogP) is 3.76. The number of hydrogen-bond acceptors (Lipinski definition) is 2. The average molecular weight is 267 g/mol. The van der Waals surface area contributed by atoms with Gasteiger partial charge < -0.3 is 10.6 Å². The molecule has 0 radical (unpaired) electrons. The fourth-order valence-electron chi connectivity index (χ4n) is 2.88. The molecule has 1 aromatic carbocycles. The Kier molecular flexibility index (Phi) is 4.18. The van der Waals surface area contributed by atoms with Gasteiger partial charge in [-0.1, -0.05) is 24.1 Å². The molecule has 0 aliphatic heterocycles. The van der Waals surface area contributed by atoms with Crippen LogP contribution in [0.15, 0.2) is 12.1 Å². The molecule has 1 aromatic rings. The van der Waals surface area contributed by atoms with Crippen molar-refractivity contribution in [2.45, 2.75) is 33.1 Å². The molecule has 18 heavy (non-hydrogen) atoms. The maximum absolute atomic E-state index is 6.32. The highest BCUT2D eigenvalue weighted by Crippen LogP contribution is 2.41. The molecule has 3 heteroatoms. The summed E-state index contributed by atoms with van der Waals surface area (Å²) in [7, 11) is 2.03. The van der Waals surface area contributed by atoms with Crippen molar-refractivity contribution in [3.05, 3.63) is 28.3 Å². The van der Waals surface area contributed by atoms with E-state index in [1.165, 1.54) is 30.4 Å². The van der Waals surface area contributed by atoms with Crippen molar-refractivity contribution in [3.8, 4) is 0 Å². The lowest BCUT2D eigenvalue weighted by atomic mass is 9.68. The first kappa shape index (κ1) is 13.7. The van der Waals surface area contributed by atoms with E-state index in [0.29, 0.717) is 5.41 Å².